The van der Waals surface area contributed by atoms with E-state index in [9.17, 15) is 0 Å². The number of fused-ring (bicyclic) bond motifs is 1. The quantitative estimate of drug-likeness (QED) is 0.330. The fourth-order valence-corrected chi connectivity index (χ4v) is 3.46. The van der Waals surface area contributed by atoms with Crippen LogP contribution in [0.3, 0.4) is 0 Å². The SMILES string of the molecule is CCCN(CCC)c1nc(Oc2ccc(C)cc2)nc2nc(NC(C)/C=C\C=C(C)C)[nH]c12. The van der Waals surface area contributed by atoms with Crippen molar-refractivity contribution in [3.63, 3.8) is 0 Å². The molecule has 2 N–H and O–H groups in total. The zero-order chi connectivity index (χ0) is 23.8. The fourth-order valence-electron chi connectivity index (χ4n) is 3.46. The van der Waals surface area contributed by atoms with Crippen molar-refractivity contribution in [3.05, 3.63) is 53.6 Å². The number of aromatic nitrogens is 4. The molecule has 7 heteroatoms. The third-order valence-corrected chi connectivity index (χ3v) is 5.02. The lowest BCUT2D eigenvalue weighted by Gasteiger charge is -2.23. The summed E-state index contributed by atoms with van der Waals surface area (Å²) in [6.07, 6.45) is 8.27. The summed E-state index contributed by atoms with van der Waals surface area (Å²) in [6, 6.07) is 8.27. The topological polar surface area (TPSA) is 79.0 Å². The summed E-state index contributed by atoms with van der Waals surface area (Å²) in [5, 5.41) is 3.40. The maximum absolute atomic E-state index is 6.01. The van der Waals surface area contributed by atoms with Crippen LogP contribution in [0.15, 0.2) is 48.1 Å². The number of aromatic amines is 1. The number of benzene rings is 1. The lowest BCUT2D eigenvalue weighted by Crippen LogP contribution is -2.26. The van der Waals surface area contributed by atoms with Crippen molar-refractivity contribution in [1.29, 1.82) is 0 Å². The molecule has 2 aromatic heterocycles. The molecule has 0 aliphatic carbocycles. The van der Waals surface area contributed by atoms with E-state index in [-0.39, 0.29) is 6.04 Å². The maximum atomic E-state index is 6.01. The molecule has 176 valence electrons. The molecule has 0 radical (unpaired) electrons. The Balaban J connectivity index is 1.97. The van der Waals surface area contributed by atoms with Gasteiger partial charge in [0.15, 0.2) is 11.5 Å². The Morgan fingerprint density at radius 1 is 1.09 bits per heavy atom. The van der Waals surface area contributed by atoms with Crippen LogP contribution in [0.1, 0.15) is 53.0 Å². The van der Waals surface area contributed by atoms with Gasteiger partial charge in [-0.1, -0.05) is 55.3 Å². The fraction of sp³-hybridized carbons (Fsp3) is 0.423. The second-order valence-electron chi connectivity index (χ2n) is 8.58. The first-order chi connectivity index (χ1) is 15.9. The molecular formula is C26H36N6O. The van der Waals surface area contributed by atoms with Crippen molar-refractivity contribution in [3.8, 4) is 11.8 Å². The van der Waals surface area contributed by atoms with E-state index in [4.69, 9.17) is 14.7 Å². The van der Waals surface area contributed by atoms with Gasteiger partial charge in [-0.2, -0.15) is 15.0 Å². The summed E-state index contributed by atoms with van der Waals surface area (Å²) in [5.41, 5.74) is 3.83. The van der Waals surface area contributed by atoms with Crippen molar-refractivity contribution in [2.75, 3.05) is 23.3 Å². The van der Waals surface area contributed by atoms with Gasteiger partial charge in [0.25, 0.3) is 0 Å². The summed E-state index contributed by atoms with van der Waals surface area (Å²) in [6.45, 7) is 14.4. The third-order valence-electron chi connectivity index (χ3n) is 5.02. The molecular weight excluding hydrogens is 412 g/mol. The molecule has 3 rings (SSSR count). The van der Waals surface area contributed by atoms with Crippen molar-refractivity contribution < 1.29 is 4.74 Å². The van der Waals surface area contributed by atoms with Gasteiger partial charge in [-0.25, -0.2) is 0 Å². The van der Waals surface area contributed by atoms with Gasteiger partial charge in [0, 0.05) is 19.1 Å². The normalized spacial score (nSPS) is 12.2. The Hall–Kier alpha value is -3.35. The van der Waals surface area contributed by atoms with Gasteiger partial charge in [-0.05, 0) is 52.7 Å². The number of ether oxygens (including phenoxy) is 1. The zero-order valence-corrected chi connectivity index (χ0v) is 20.6. The number of nitrogens with zero attached hydrogens (tertiary/aromatic N) is 4. The van der Waals surface area contributed by atoms with Crippen LogP contribution < -0.4 is 15.0 Å². The minimum absolute atomic E-state index is 0.100. The van der Waals surface area contributed by atoms with Crippen molar-refractivity contribution in [1.82, 2.24) is 19.9 Å². The number of rotatable bonds is 11. The highest BCUT2D eigenvalue weighted by molar-refractivity contribution is 5.85. The predicted molar refractivity (Wildman–Crippen MR) is 137 cm³/mol. The molecule has 0 saturated heterocycles. The van der Waals surface area contributed by atoms with E-state index >= 15 is 0 Å². The Kier molecular flexibility index (Phi) is 8.46. The van der Waals surface area contributed by atoms with E-state index in [1.54, 1.807) is 0 Å². The lowest BCUT2D eigenvalue weighted by atomic mass is 10.2. The number of imidazole rings is 1. The molecule has 0 spiro atoms. The maximum Gasteiger partial charge on any atom is 0.326 e. The average molecular weight is 449 g/mol. The van der Waals surface area contributed by atoms with E-state index < -0.39 is 0 Å². The van der Waals surface area contributed by atoms with E-state index in [1.807, 2.05) is 31.2 Å². The van der Waals surface area contributed by atoms with Crippen LogP contribution in [0.4, 0.5) is 11.8 Å². The number of anilines is 2. The predicted octanol–water partition coefficient (Wildman–Crippen LogP) is 6.40. The van der Waals surface area contributed by atoms with Crippen LogP contribution in [-0.2, 0) is 0 Å². The summed E-state index contributed by atoms with van der Waals surface area (Å²) >= 11 is 0. The van der Waals surface area contributed by atoms with Gasteiger partial charge in [0.2, 0.25) is 5.95 Å². The second kappa shape index (κ2) is 11.5. The van der Waals surface area contributed by atoms with Crippen LogP contribution in [0, 0.1) is 6.92 Å². The van der Waals surface area contributed by atoms with Gasteiger partial charge in [0.1, 0.15) is 11.3 Å². The van der Waals surface area contributed by atoms with Crippen LogP contribution >= 0.6 is 0 Å². The molecule has 0 saturated carbocycles. The molecule has 0 fully saturated rings. The first-order valence-electron chi connectivity index (χ1n) is 11.7. The number of aryl methyl sites for hydroxylation is 1. The summed E-state index contributed by atoms with van der Waals surface area (Å²) in [4.78, 5) is 19.8. The van der Waals surface area contributed by atoms with E-state index in [2.05, 4.69) is 73.0 Å². The van der Waals surface area contributed by atoms with Gasteiger partial charge in [0.05, 0.1) is 0 Å². The van der Waals surface area contributed by atoms with Crippen molar-refractivity contribution >= 4 is 22.9 Å². The van der Waals surface area contributed by atoms with E-state index in [0.717, 1.165) is 37.3 Å². The molecule has 1 unspecified atom stereocenters. The monoisotopic (exact) mass is 448 g/mol. The highest BCUT2D eigenvalue weighted by Gasteiger charge is 2.19. The van der Waals surface area contributed by atoms with Crippen LogP contribution in [0.25, 0.3) is 11.2 Å². The van der Waals surface area contributed by atoms with Gasteiger partial charge >= 0.3 is 6.01 Å². The van der Waals surface area contributed by atoms with Crippen molar-refractivity contribution in [2.45, 2.75) is 60.4 Å². The van der Waals surface area contributed by atoms with Crippen LogP contribution in [0.2, 0.25) is 0 Å². The van der Waals surface area contributed by atoms with E-state index in [1.165, 1.54) is 11.1 Å². The Bertz CT molecular complexity index is 1090. The molecule has 2 heterocycles. The molecule has 0 amide bonds. The molecule has 0 aliphatic rings. The first-order valence-corrected chi connectivity index (χ1v) is 11.7. The minimum Gasteiger partial charge on any atom is -0.424 e. The largest absolute Gasteiger partial charge is 0.424 e. The number of hydrogen-bond acceptors (Lipinski definition) is 6. The number of H-pyrrole nitrogens is 1. The molecule has 1 atom stereocenters. The molecule has 0 aliphatic heterocycles. The number of allylic oxidation sites excluding steroid dienone is 3. The second-order valence-corrected chi connectivity index (χ2v) is 8.58. The molecule has 33 heavy (non-hydrogen) atoms. The number of hydrogen-bond donors (Lipinski definition) is 2. The van der Waals surface area contributed by atoms with E-state index in [0.29, 0.717) is 23.4 Å². The Labute approximate surface area is 197 Å². The zero-order valence-electron chi connectivity index (χ0n) is 20.6. The average Bonchev–Trinajstić information content (AvgIpc) is 3.16. The molecule has 3 aromatic rings. The minimum atomic E-state index is 0.100. The van der Waals surface area contributed by atoms with Crippen molar-refractivity contribution in [2.24, 2.45) is 0 Å². The summed E-state index contributed by atoms with van der Waals surface area (Å²) in [7, 11) is 0. The summed E-state index contributed by atoms with van der Waals surface area (Å²) in [5.74, 6) is 2.18. The van der Waals surface area contributed by atoms with Gasteiger partial charge in [-0.15, -0.1) is 0 Å². The molecule has 1 aromatic carbocycles. The highest BCUT2D eigenvalue weighted by Crippen LogP contribution is 2.28. The smallest absolute Gasteiger partial charge is 0.326 e. The first kappa shape index (κ1) is 24.3. The highest BCUT2D eigenvalue weighted by atomic mass is 16.5. The molecule has 0 bridgehead atoms. The summed E-state index contributed by atoms with van der Waals surface area (Å²) < 4.78 is 6.01. The van der Waals surface area contributed by atoms with Gasteiger partial charge < -0.3 is 19.9 Å². The Morgan fingerprint density at radius 2 is 1.79 bits per heavy atom. The van der Waals surface area contributed by atoms with Crippen LogP contribution in [0.5, 0.6) is 11.8 Å². The Morgan fingerprint density at radius 3 is 2.42 bits per heavy atom. The van der Waals surface area contributed by atoms with Gasteiger partial charge in [-0.3, -0.25) is 0 Å². The molecule has 7 nitrogen and oxygen atoms in total. The lowest BCUT2D eigenvalue weighted by molar-refractivity contribution is 0.443. The number of nitrogens with one attached hydrogen (secondary N) is 2. The van der Waals surface area contributed by atoms with Crippen LogP contribution in [-0.4, -0.2) is 39.1 Å². The standard InChI is InChI=1S/C26H36N6O/c1-7-16-32(17-8-2)24-22-23(29-25(28-22)27-20(6)11-9-10-18(3)4)30-26(31-24)33-21-14-12-19(5)13-15-21/h9-15,20H,7-8,16-17H2,1-6H3,(H2,27,28,29,30,31)/b11-9-. The third kappa shape index (κ3) is 6.81.